The Labute approximate surface area is 113 Å². The van der Waals surface area contributed by atoms with E-state index < -0.39 is 0 Å². The third-order valence-corrected chi connectivity index (χ3v) is 2.93. The molecule has 0 unspecified atom stereocenters. The molecule has 2 heterocycles. The van der Waals surface area contributed by atoms with Gasteiger partial charge in [-0.1, -0.05) is 25.4 Å². The summed E-state index contributed by atoms with van der Waals surface area (Å²) in [5.41, 5.74) is 1.64. The number of pyridine rings is 1. The van der Waals surface area contributed by atoms with Gasteiger partial charge in [-0.3, -0.25) is 4.98 Å². The summed E-state index contributed by atoms with van der Waals surface area (Å²) in [7, 11) is 0. The van der Waals surface area contributed by atoms with Gasteiger partial charge in [0.25, 0.3) is 0 Å². The van der Waals surface area contributed by atoms with E-state index >= 15 is 0 Å². The smallest absolute Gasteiger partial charge is 0.179 e. The lowest BCUT2D eigenvalue weighted by Gasteiger charge is -2.07. The van der Waals surface area contributed by atoms with Crippen LogP contribution in [0, 0.1) is 0 Å². The van der Waals surface area contributed by atoms with E-state index in [0.717, 1.165) is 15.9 Å². The van der Waals surface area contributed by atoms with Crippen LogP contribution in [0.1, 0.15) is 25.5 Å². The van der Waals surface area contributed by atoms with Crippen LogP contribution in [0.3, 0.4) is 0 Å². The topological polar surface area (TPSA) is 38.7 Å². The first kappa shape index (κ1) is 12.5. The van der Waals surface area contributed by atoms with Gasteiger partial charge in [-0.25, -0.2) is 9.97 Å². The molecule has 0 saturated heterocycles. The summed E-state index contributed by atoms with van der Waals surface area (Å²) in [4.78, 5) is 12.9. The van der Waals surface area contributed by atoms with E-state index in [1.165, 1.54) is 0 Å². The van der Waals surface area contributed by atoms with E-state index in [-0.39, 0.29) is 0 Å². The Morgan fingerprint density at radius 1 is 1.24 bits per heavy atom. The van der Waals surface area contributed by atoms with Crippen LogP contribution in [0.15, 0.2) is 28.9 Å². The van der Waals surface area contributed by atoms with Gasteiger partial charge in [0.05, 0.1) is 0 Å². The lowest BCUT2D eigenvalue weighted by Crippen LogP contribution is -1.99. The third kappa shape index (κ3) is 3.01. The van der Waals surface area contributed by atoms with E-state index in [2.05, 4.69) is 44.7 Å². The number of aromatic nitrogens is 3. The standard InChI is InChI=1S/C12H11BrClN3/c1-7(2)10-5-11(14)17-12(16-10)9-4-3-8(13)6-15-9/h3-7H,1-2H3. The lowest BCUT2D eigenvalue weighted by atomic mass is 10.1. The quantitative estimate of drug-likeness (QED) is 0.784. The molecule has 0 aliphatic rings. The highest BCUT2D eigenvalue weighted by Crippen LogP contribution is 2.21. The van der Waals surface area contributed by atoms with Crippen molar-refractivity contribution in [3.8, 4) is 11.5 Å². The van der Waals surface area contributed by atoms with Crippen LogP contribution in [0.25, 0.3) is 11.5 Å². The molecule has 0 aliphatic heterocycles. The van der Waals surface area contributed by atoms with Gasteiger partial charge in [-0.2, -0.15) is 0 Å². The molecule has 0 fully saturated rings. The molecule has 0 amide bonds. The van der Waals surface area contributed by atoms with Crippen molar-refractivity contribution in [2.75, 3.05) is 0 Å². The second kappa shape index (κ2) is 5.10. The number of hydrogen-bond donors (Lipinski definition) is 0. The third-order valence-electron chi connectivity index (χ3n) is 2.26. The maximum atomic E-state index is 5.99. The van der Waals surface area contributed by atoms with Gasteiger partial charge in [-0.05, 0) is 40.0 Å². The molecule has 0 aromatic carbocycles. The fourth-order valence-electron chi connectivity index (χ4n) is 1.35. The van der Waals surface area contributed by atoms with Crippen LogP contribution in [-0.2, 0) is 0 Å². The summed E-state index contributed by atoms with van der Waals surface area (Å²) in [6, 6.07) is 5.55. The van der Waals surface area contributed by atoms with Crippen molar-refractivity contribution in [2.45, 2.75) is 19.8 Å². The molecule has 0 bridgehead atoms. The maximum absolute atomic E-state index is 5.99. The minimum Gasteiger partial charge on any atom is -0.252 e. The first-order valence-corrected chi connectivity index (χ1v) is 6.40. The van der Waals surface area contributed by atoms with Gasteiger partial charge in [0.1, 0.15) is 10.8 Å². The average Bonchev–Trinajstić information content (AvgIpc) is 2.29. The molecule has 2 aromatic heterocycles. The first-order valence-electron chi connectivity index (χ1n) is 5.22. The van der Waals surface area contributed by atoms with Crippen molar-refractivity contribution in [3.63, 3.8) is 0 Å². The molecule has 0 aliphatic carbocycles. The highest BCUT2D eigenvalue weighted by atomic mass is 79.9. The van der Waals surface area contributed by atoms with E-state index in [4.69, 9.17) is 11.6 Å². The molecular weight excluding hydrogens is 302 g/mol. The highest BCUT2D eigenvalue weighted by molar-refractivity contribution is 9.10. The number of hydrogen-bond acceptors (Lipinski definition) is 3. The molecule has 17 heavy (non-hydrogen) atoms. The predicted molar refractivity (Wildman–Crippen MR) is 72.1 cm³/mol. The lowest BCUT2D eigenvalue weighted by molar-refractivity contribution is 0.816. The number of nitrogens with zero attached hydrogens (tertiary/aromatic N) is 3. The summed E-state index contributed by atoms with van der Waals surface area (Å²) in [5.74, 6) is 0.874. The molecule has 0 radical (unpaired) electrons. The Hall–Kier alpha value is -1.00. The fourth-order valence-corrected chi connectivity index (χ4v) is 1.78. The molecule has 0 spiro atoms. The Morgan fingerprint density at radius 2 is 2.00 bits per heavy atom. The van der Waals surface area contributed by atoms with Crippen molar-refractivity contribution in [3.05, 3.63) is 39.7 Å². The van der Waals surface area contributed by atoms with Gasteiger partial charge in [0.15, 0.2) is 5.82 Å². The zero-order valence-electron chi connectivity index (χ0n) is 9.48. The number of rotatable bonds is 2. The molecule has 0 N–H and O–H groups in total. The summed E-state index contributed by atoms with van der Waals surface area (Å²) in [5, 5.41) is 0.448. The van der Waals surface area contributed by atoms with Crippen LogP contribution in [0.2, 0.25) is 5.15 Å². The minimum absolute atomic E-state index is 0.310. The molecule has 0 atom stereocenters. The van der Waals surface area contributed by atoms with Gasteiger partial charge in [-0.15, -0.1) is 0 Å². The minimum atomic E-state index is 0.310. The molecule has 2 aromatic rings. The SMILES string of the molecule is CC(C)c1cc(Cl)nc(-c2ccc(Br)cn2)n1. The largest absolute Gasteiger partial charge is 0.252 e. The van der Waals surface area contributed by atoms with Crippen LogP contribution >= 0.6 is 27.5 Å². The normalized spacial score (nSPS) is 10.9. The van der Waals surface area contributed by atoms with E-state index in [1.807, 2.05) is 12.1 Å². The van der Waals surface area contributed by atoms with Crippen LogP contribution in [0.4, 0.5) is 0 Å². The van der Waals surface area contributed by atoms with Crippen molar-refractivity contribution < 1.29 is 0 Å². The zero-order chi connectivity index (χ0) is 12.4. The van der Waals surface area contributed by atoms with Crippen molar-refractivity contribution in [1.29, 1.82) is 0 Å². The van der Waals surface area contributed by atoms with E-state index in [1.54, 1.807) is 12.3 Å². The Bertz CT molecular complexity index is 526. The Morgan fingerprint density at radius 3 is 2.59 bits per heavy atom. The average molecular weight is 313 g/mol. The number of halogens is 2. The zero-order valence-corrected chi connectivity index (χ0v) is 11.8. The molecular formula is C12H11BrClN3. The predicted octanol–water partition coefficient (Wildman–Crippen LogP) is 4.08. The monoisotopic (exact) mass is 311 g/mol. The van der Waals surface area contributed by atoms with E-state index in [9.17, 15) is 0 Å². The molecule has 88 valence electrons. The summed E-state index contributed by atoms with van der Waals surface area (Å²) in [6.45, 7) is 4.13. The highest BCUT2D eigenvalue weighted by Gasteiger charge is 2.09. The van der Waals surface area contributed by atoms with Crippen molar-refractivity contribution in [2.24, 2.45) is 0 Å². The second-order valence-electron chi connectivity index (χ2n) is 3.96. The first-order chi connectivity index (χ1) is 8.06. The maximum Gasteiger partial charge on any atom is 0.179 e. The van der Waals surface area contributed by atoms with Crippen molar-refractivity contribution in [1.82, 2.24) is 15.0 Å². The van der Waals surface area contributed by atoms with Crippen LogP contribution < -0.4 is 0 Å². The van der Waals surface area contributed by atoms with Crippen molar-refractivity contribution >= 4 is 27.5 Å². The summed E-state index contributed by atoms with van der Waals surface area (Å²) < 4.78 is 0.923. The fraction of sp³-hybridized carbons (Fsp3) is 0.250. The Balaban J connectivity index is 2.48. The van der Waals surface area contributed by atoms with Gasteiger partial charge < -0.3 is 0 Å². The molecule has 5 heteroatoms. The van der Waals surface area contributed by atoms with E-state index in [0.29, 0.717) is 16.9 Å². The van der Waals surface area contributed by atoms with Crippen LogP contribution in [-0.4, -0.2) is 15.0 Å². The molecule has 2 rings (SSSR count). The summed E-state index contributed by atoms with van der Waals surface area (Å²) >= 11 is 9.33. The molecule has 0 saturated carbocycles. The Kier molecular flexibility index (Phi) is 3.74. The van der Waals surface area contributed by atoms with Gasteiger partial charge in [0, 0.05) is 16.4 Å². The van der Waals surface area contributed by atoms with Gasteiger partial charge in [0.2, 0.25) is 0 Å². The molecule has 3 nitrogen and oxygen atoms in total. The second-order valence-corrected chi connectivity index (χ2v) is 5.26. The van der Waals surface area contributed by atoms with Crippen LogP contribution in [0.5, 0.6) is 0 Å². The summed E-state index contributed by atoms with van der Waals surface area (Å²) in [6.07, 6.45) is 1.72. The van der Waals surface area contributed by atoms with Gasteiger partial charge >= 0.3 is 0 Å².